The Bertz CT molecular complexity index is 1150. The summed E-state index contributed by atoms with van der Waals surface area (Å²) in [5.41, 5.74) is 1.72. The molecule has 3 heterocycles. The van der Waals surface area contributed by atoms with Crippen LogP contribution in [0.5, 0.6) is 11.9 Å². The maximum atomic E-state index is 13.8. The van der Waals surface area contributed by atoms with Crippen LogP contribution in [0.3, 0.4) is 0 Å². The SMILES string of the molecule is CCn1cc(CN2C[C@H]3CC[C@](O)(c4cnc(OC)nc4OC)[C@H]3C2)c2ccc(F)cc21. The van der Waals surface area contributed by atoms with Gasteiger partial charge in [-0.25, -0.2) is 9.37 Å². The van der Waals surface area contributed by atoms with Gasteiger partial charge in [0.05, 0.1) is 25.3 Å². The van der Waals surface area contributed by atoms with E-state index < -0.39 is 5.60 Å². The molecular weight excluding hydrogens is 411 g/mol. The second-order valence-electron chi connectivity index (χ2n) is 8.91. The van der Waals surface area contributed by atoms with Gasteiger partial charge in [-0.3, -0.25) is 4.90 Å². The van der Waals surface area contributed by atoms with E-state index in [0.29, 0.717) is 23.8 Å². The van der Waals surface area contributed by atoms with Crippen molar-refractivity contribution in [2.75, 3.05) is 27.3 Å². The Morgan fingerprint density at radius 2 is 2.09 bits per heavy atom. The molecule has 1 aromatic carbocycles. The number of nitrogens with zero attached hydrogens (tertiary/aromatic N) is 4. The lowest BCUT2D eigenvalue weighted by molar-refractivity contribution is -0.00970. The van der Waals surface area contributed by atoms with E-state index in [0.717, 1.165) is 43.5 Å². The number of halogens is 1. The quantitative estimate of drug-likeness (QED) is 0.634. The Labute approximate surface area is 186 Å². The van der Waals surface area contributed by atoms with Gasteiger partial charge in [-0.1, -0.05) is 0 Å². The second-order valence-corrected chi connectivity index (χ2v) is 8.91. The third kappa shape index (κ3) is 3.33. The first-order chi connectivity index (χ1) is 15.5. The zero-order chi connectivity index (χ0) is 22.5. The minimum atomic E-state index is -1.03. The van der Waals surface area contributed by atoms with Gasteiger partial charge >= 0.3 is 6.01 Å². The molecule has 3 atom stereocenters. The van der Waals surface area contributed by atoms with E-state index in [4.69, 9.17) is 9.47 Å². The van der Waals surface area contributed by atoms with Crippen LogP contribution in [0.4, 0.5) is 4.39 Å². The molecule has 2 aliphatic rings. The minimum absolute atomic E-state index is 0.0744. The summed E-state index contributed by atoms with van der Waals surface area (Å²) in [7, 11) is 3.06. The average molecular weight is 441 g/mol. The Balaban J connectivity index is 1.41. The fourth-order valence-corrected chi connectivity index (χ4v) is 5.72. The fraction of sp³-hybridized carbons (Fsp3) is 0.500. The van der Waals surface area contributed by atoms with Crippen molar-refractivity contribution in [2.45, 2.75) is 38.5 Å². The first-order valence-corrected chi connectivity index (χ1v) is 11.1. The number of ether oxygens (including phenoxy) is 2. The number of aromatic nitrogens is 3. The van der Waals surface area contributed by atoms with E-state index in [1.807, 2.05) is 6.07 Å². The molecule has 0 bridgehead atoms. The summed E-state index contributed by atoms with van der Waals surface area (Å²) in [6.07, 6.45) is 5.37. The van der Waals surface area contributed by atoms with Gasteiger partial charge < -0.3 is 19.1 Å². The number of fused-ring (bicyclic) bond motifs is 2. The molecule has 1 aliphatic carbocycles. The number of hydrogen-bond donors (Lipinski definition) is 1. The molecule has 170 valence electrons. The highest BCUT2D eigenvalue weighted by molar-refractivity contribution is 5.84. The molecule has 1 N–H and O–H groups in total. The Hall–Kier alpha value is -2.71. The first-order valence-electron chi connectivity index (χ1n) is 11.1. The van der Waals surface area contributed by atoms with Crippen LogP contribution in [0.25, 0.3) is 10.9 Å². The Morgan fingerprint density at radius 3 is 2.84 bits per heavy atom. The molecule has 0 unspecified atom stereocenters. The summed E-state index contributed by atoms with van der Waals surface area (Å²) >= 11 is 0. The second kappa shape index (κ2) is 8.01. The van der Waals surface area contributed by atoms with Crippen LogP contribution in [0.1, 0.15) is 30.9 Å². The van der Waals surface area contributed by atoms with Gasteiger partial charge in [0.15, 0.2) is 0 Å². The van der Waals surface area contributed by atoms with E-state index in [1.54, 1.807) is 19.4 Å². The number of rotatable bonds is 6. The van der Waals surface area contributed by atoms with E-state index in [9.17, 15) is 9.50 Å². The van der Waals surface area contributed by atoms with Gasteiger partial charge in [0, 0.05) is 49.9 Å². The summed E-state index contributed by atoms with van der Waals surface area (Å²) in [5, 5.41) is 12.9. The molecule has 0 radical (unpaired) electrons. The number of methoxy groups -OCH3 is 2. The molecule has 0 spiro atoms. The van der Waals surface area contributed by atoms with Crippen molar-refractivity contribution in [2.24, 2.45) is 11.8 Å². The van der Waals surface area contributed by atoms with Crippen molar-refractivity contribution in [1.82, 2.24) is 19.4 Å². The van der Waals surface area contributed by atoms with Gasteiger partial charge in [0.2, 0.25) is 5.88 Å². The molecule has 3 aromatic rings. The van der Waals surface area contributed by atoms with Gasteiger partial charge in [0.25, 0.3) is 0 Å². The van der Waals surface area contributed by atoms with Crippen molar-refractivity contribution >= 4 is 10.9 Å². The van der Waals surface area contributed by atoms with Crippen molar-refractivity contribution < 1.29 is 19.0 Å². The highest BCUT2D eigenvalue weighted by Gasteiger charge is 2.53. The van der Waals surface area contributed by atoms with Crippen molar-refractivity contribution in [3.63, 3.8) is 0 Å². The van der Waals surface area contributed by atoms with Gasteiger partial charge in [0.1, 0.15) is 11.4 Å². The standard InChI is InChI=1S/C24H29FN4O3/c1-4-29-13-16(18-6-5-17(25)9-21(18)29)12-28-11-15-7-8-24(30,20(15)14-28)19-10-26-23(32-3)27-22(19)31-2/h5-6,9-10,13,15,20,30H,4,7-8,11-12,14H2,1-3H3/t15-,20+,24+/m1/s1. The third-order valence-electron chi connectivity index (χ3n) is 7.26. The monoisotopic (exact) mass is 440 g/mol. The summed E-state index contributed by atoms with van der Waals surface area (Å²) in [5.74, 6) is 0.619. The number of hydrogen-bond acceptors (Lipinski definition) is 6. The molecular formula is C24H29FN4O3. The lowest BCUT2D eigenvalue weighted by Crippen LogP contribution is -2.35. The Kier molecular flexibility index (Phi) is 5.29. The highest BCUT2D eigenvalue weighted by atomic mass is 19.1. The topological polar surface area (TPSA) is 72.6 Å². The molecule has 1 aliphatic heterocycles. The summed E-state index contributed by atoms with van der Waals surface area (Å²) in [6, 6.07) is 5.23. The zero-order valence-electron chi connectivity index (χ0n) is 18.7. The number of benzene rings is 1. The predicted molar refractivity (Wildman–Crippen MR) is 118 cm³/mol. The van der Waals surface area contributed by atoms with E-state index in [1.165, 1.54) is 18.7 Å². The largest absolute Gasteiger partial charge is 0.481 e. The highest BCUT2D eigenvalue weighted by Crippen LogP contribution is 2.52. The van der Waals surface area contributed by atoms with E-state index in [2.05, 4.69) is 32.6 Å². The molecule has 7 nitrogen and oxygen atoms in total. The molecule has 1 saturated carbocycles. The van der Waals surface area contributed by atoms with Crippen LogP contribution in [-0.4, -0.2) is 51.9 Å². The molecule has 2 aromatic heterocycles. The van der Waals surface area contributed by atoms with Crippen LogP contribution in [0.15, 0.2) is 30.6 Å². The lowest BCUT2D eigenvalue weighted by atomic mass is 9.83. The van der Waals surface area contributed by atoms with E-state index >= 15 is 0 Å². The zero-order valence-corrected chi connectivity index (χ0v) is 18.7. The normalized spacial score (nSPS) is 25.4. The maximum Gasteiger partial charge on any atom is 0.319 e. The minimum Gasteiger partial charge on any atom is -0.481 e. The molecule has 2 fully saturated rings. The summed E-state index contributed by atoms with van der Waals surface area (Å²) in [4.78, 5) is 10.9. The third-order valence-corrected chi connectivity index (χ3v) is 7.26. The molecule has 32 heavy (non-hydrogen) atoms. The van der Waals surface area contributed by atoms with Crippen molar-refractivity contribution in [3.05, 3.63) is 47.5 Å². The molecule has 8 heteroatoms. The fourth-order valence-electron chi connectivity index (χ4n) is 5.72. The van der Waals surface area contributed by atoms with Gasteiger partial charge in [-0.15, -0.1) is 0 Å². The van der Waals surface area contributed by atoms with Crippen LogP contribution in [0.2, 0.25) is 0 Å². The summed E-state index contributed by atoms with van der Waals surface area (Å²) < 4.78 is 26.5. The van der Waals surface area contributed by atoms with Gasteiger partial charge in [-0.2, -0.15) is 4.98 Å². The number of aryl methyl sites for hydroxylation is 1. The lowest BCUT2D eigenvalue weighted by Gasteiger charge is -2.31. The van der Waals surface area contributed by atoms with Crippen LogP contribution >= 0.6 is 0 Å². The first kappa shape index (κ1) is 21.2. The molecule has 1 saturated heterocycles. The average Bonchev–Trinajstić information content (AvgIpc) is 3.46. The molecule has 0 amide bonds. The van der Waals surface area contributed by atoms with Crippen molar-refractivity contribution in [3.8, 4) is 11.9 Å². The summed E-state index contributed by atoms with van der Waals surface area (Å²) in [6.45, 7) is 5.33. The smallest absolute Gasteiger partial charge is 0.319 e. The van der Waals surface area contributed by atoms with Crippen LogP contribution in [0, 0.1) is 17.7 Å². The molecule has 5 rings (SSSR count). The Morgan fingerprint density at radius 1 is 1.25 bits per heavy atom. The van der Waals surface area contributed by atoms with Crippen LogP contribution < -0.4 is 9.47 Å². The number of likely N-dealkylation sites (tertiary alicyclic amines) is 1. The van der Waals surface area contributed by atoms with E-state index in [-0.39, 0.29) is 17.7 Å². The van der Waals surface area contributed by atoms with Crippen molar-refractivity contribution in [1.29, 1.82) is 0 Å². The van der Waals surface area contributed by atoms with Crippen LogP contribution in [-0.2, 0) is 18.7 Å². The maximum absolute atomic E-state index is 13.8. The van der Waals surface area contributed by atoms with Gasteiger partial charge in [-0.05, 0) is 49.4 Å². The predicted octanol–water partition coefficient (Wildman–Crippen LogP) is 3.34. The number of aliphatic hydroxyl groups is 1.